The van der Waals surface area contributed by atoms with E-state index >= 15 is 0 Å². The van der Waals surface area contributed by atoms with Crippen molar-refractivity contribution in [3.05, 3.63) is 41.7 Å². The normalized spacial score (nSPS) is 16.8. The molecule has 1 fully saturated rings. The van der Waals surface area contributed by atoms with Crippen molar-refractivity contribution in [2.75, 3.05) is 19.6 Å². The summed E-state index contributed by atoms with van der Waals surface area (Å²) < 4.78 is 5.23. The fourth-order valence-electron chi connectivity index (χ4n) is 2.87. The first-order chi connectivity index (χ1) is 10.8. The molecule has 2 heterocycles. The number of carbonyl (C=O) groups is 1. The largest absolute Gasteiger partial charge is 0.360 e. The van der Waals surface area contributed by atoms with Gasteiger partial charge in [0.25, 0.3) is 5.91 Å². The number of hydrogen-bond acceptors (Lipinski definition) is 4. The predicted octanol–water partition coefficient (Wildman–Crippen LogP) is 2.80. The fraction of sp³-hybridized carbons (Fsp3) is 0.412. The minimum absolute atomic E-state index is 0. The van der Waals surface area contributed by atoms with Crippen LogP contribution in [-0.4, -0.2) is 30.7 Å². The first-order valence-electron chi connectivity index (χ1n) is 7.76. The van der Waals surface area contributed by atoms with E-state index in [0.717, 1.165) is 25.1 Å². The Balaban J connectivity index is 0.00000192. The van der Waals surface area contributed by atoms with Crippen molar-refractivity contribution in [3.8, 4) is 11.3 Å². The molecule has 0 spiro atoms. The maximum absolute atomic E-state index is 12.5. The monoisotopic (exact) mass is 335 g/mol. The summed E-state index contributed by atoms with van der Waals surface area (Å²) in [6.45, 7) is 4.60. The van der Waals surface area contributed by atoms with Crippen LogP contribution in [0.15, 0.2) is 34.9 Å². The Bertz CT molecular complexity index is 637. The Morgan fingerprint density at radius 2 is 2.17 bits per heavy atom. The van der Waals surface area contributed by atoms with Crippen LogP contribution in [0.25, 0.3) is 11.3 Å². The number of amides is 1. The third-order valence-corrected chi connectivity index (χ3v) is 4.14. The zero-order valence-corrected chi connectivity index (χ0v) is 14.0. The molecule has 1 aromatic heterocycles. The lowest BCUT2D eigenvalue weighted by Gasteiger charge is -2.09. The van der Waals surface area contributed by atoms with Crippen molar-refractivity contribution in [2.24, 2.45) is 5.92 Å². The summed E-state index contributed by atoms with van der Waals surface area (Å²) in [6, 6.07) is 9.64. The first-order valence-corrected chi connectivity index (χ1v) is 7.76. The van der Waals surface area contributed by atoms with E-state index in [1.165, 1.54) is 6.42 Å². The van der Waals surface area contributed by atoms with Gasteiger partial charge in [0.2, 0.25) is 0 Å². The van der Waals surface area contributed by atoms with E-state index in [0.29, 0.717) is 29.5 Å². The Labute approximate surface area is 142 Å². The number of benzene rings is 1. The van der Waals surface area contributed by atoms with E-state index in [1.54, 1.807) is 6.92 Å². The van der Waals surface area contributed by atoms with Crippen LogP contribution >= 0.6 is 12.4 Å². The molecule has 3 rings (SSSR count). The number of carbonyl (C=O) groups excluding carboxylic acids is 1. The molecule has 6 heteroatoms. The van der Waals surface area contributed by atoms with Gasteiger partial charge in [-0.15, -0.1) is 12.4 Å². The molecule has 0 bridgehead atoms. The first kappa shape index (κ1) is 17.5. The molecule has 2 aromatic rings. The lowest BCUT2D eigenvalue weighted by Crippen LogP contribution is -2.27. The van der Waals surface area contributed by atoms with Gasteiger partial charge in [0, 0.05) is 12.1 Å². The highest BCUT2D eigenvalue weighted by Gasteiger charge is 2.21. The van der Waals surface area contributed by atoms with Crippen molar-refractivity contribution >= 4 is 18.3 Å². The topological polar surface area (TPSA) is 67.2 Å². The van der Waals surface area contributed by atoms with Crippen LogP contribution < -0.4 is 10.6 Å². The van der Waals surface area contributed by atoms with E-state index in [4.69, 9.17) is 4.52 Å². The molecule has 1 aromatic carbocycles. The molecule has 0 saturated carbocycles. The molecule has 1 aliphatic rings. The van der Waals surface area contributed by atoms with Gasteiger partial charge < -0.3 is 15.2 Å². The minimum Gasteiger partial charge on any atom is -0.360 e. The SMILES string of the molecule is Cc1onc(-c2ccccc2)c1C(=O)NCCC1CCNC1.Cl. The number of aryl methyl sites for hydroxylation is 1. The van der Waals surface area contributed by atoms with Gasteiger partial charge >= 0.3 is 0 Å². The van der Waals surface area contributed by atoms with Gasteiger partial charge in [-0.25, -0.2) is 0 Å². The Hall–Kier alpha value is -1.85. The molecular formula is C17H22ClN3O2. The van der Waals surface area contributed by atoms with Crippen molar-refractivity contribution in [1.29, 1.82) is 0 Å². The summed E-state index contributed by atoms with van der Waals surface area (Å²) in [5, 5.41) is 10.4. The van der Waals surface area contributed by atoms with Gasteiger partial charge in [0.15, 0.2) is 0 Å². The van der Waals surface area contributed by atoms with E-state index in [2.05, 4.69) is 15.8 Å². The maximum Gasteiger partial charge on any atom is 0.257 e. The molecule has 0 radical (unpaired) electrons. The average molecular weight is 336 g/mol. The summed E-state index contributed by atoms with van der Waals surface area (Å²) in [6.07, 6.45) is 2.20. The lowest BCUT2D eigenvalue weighted by molar-refractivity contribution is 0.0950. The van der Waals surface area contributed by atoms with Crippen LogP contribution in [0.4, 0.5) is 0 Å². The van der Waals surface area contributed by atoms with Gasteiger partial charge in [-0.2, -0.15) is 0 Å². The number of halogens is 1. The quantitative estimate of drug-likeness (QED) is 0.881. The van der Waals surface area contributed by atoms with E-state index in [1.807, 2.05) is 30.3 Å². The fourth-order valence-corrected chi connectivity index (χ4v) is 2.87. The summed E-state index contributed by atoms with van der Waals surface area (Å²) in [5.41, 5.74) is 2.04. The number of rotatable bonds is 5. The molecule has 2 N–H and O–H groups in total. The maximum atomic E-state index is 12.5. The predicted molar refractivity (Wildman–Crippen MR) is 91.9 cm³/mol. The van der Waals surface area contributed by atoms with Crippen molar-refractivity contribution in [2.45, 2.75) is 19.8 Å². The van der Waals surface area contributed by atoms with Crippen molar-refractivity contribution < 1.29 is 9.32 Å². The third kappa shape index (κ3) is 4.12. The Kier molecular flexibility index (Phi) is 6.19. The smallest absolute Gasteiger partial charge is 0.257 e. The molecule has 1 amide bonds. The van der Waals surface area contributed by atoms with Crippen LogP contribution in [0, 0.1) is 12.8 Å². The zero-order valence-electron chi connectivity index (χ0n) is 13.2. The van der Waals surface area contributed by atoms with Crippen LogP contribution in [0.2, 0.25) is 0 Å². The summed E-state index contributed by atoms with van der Waals surface area (Å²) in [5.74, 6) is 1.11. The number of aromatic nitrogens is 1. The molecule has 1 saturated heterocycles. The Morgan fingerprint density at radius 3 is 2.87 bits per heavy atom. The molecule has 5 nitrogen and oxygen atoms in total. The molecule has 0 aliphatic carbocycles. The van der Waals surface area contributed by atoms with Crippen LogP contribution in [0.1, 0.15) is 29.0 Å². The molecule has 124 valence electrons. The Morgan fingerprint density at radius 1 is 1.39 bits per heavy atom. The molecule has 23 heavy (non-hydrogen) atoms. The summed E-state index contributed by atoms with van der Waals surface area (Å²) in [4.78, 5) is 12.5. The summed E-state index contributed by atoms with van der Waals surface area (Å²) in [7, 11) is 0. The molecular weight excluding hydrogens is 314 g/mol. The number of hydrogen-bond donors (Lipinski definition) is 2. The van der Waals surface area contributed by atoms with Gasteiger partial charge in [-0.3, -0.25) is 4.79 Å². The van der Waals surface area contributed by atoms with Crippen molar-refractivity contribution in [1.82, 2.24) is 15.8 Å². The second kappa shape index (κ2) is 8.13. The molecule has 1 unspecified atom stereocenters. The third-order valence-electron chi connectivity index (χ3n) is 4.14. The van der Waals surface area contributed by atoms with Crippen LogP contribution in [0.3, 0.4) is 0 Å². The summed E-state index contributed by atoms with van der Waals surface area (Å²) >= 11 is 0. The number of nitrogens with one attached hydrogen (secondary N) is 2. The molecule has 1 aliphatic heterocycles. The van der Waals surface area contributed by atoms with E-state index in [9.17, 15) is 4.79 Å². The van der Waals surface area contributed by atoms with Gasteiger partial charge in [0.1, 0.15) is 17.0 Å². The highest BCUT2D eigenvalue weighted by Crippen LogP contribution is 2.24. The van der Waals surface area contributed by atoms with Crippen molar-refractivity contribution in [3.63, 3.8) is 0 Å². The molecule has 1 atom stereocenters. The zero-order chi connectivity index (χ0) is 15.4. The lowest BCUT2D eigenvalue weighted by atomic mass is 10.0. The van der Waals surface area contributed by atoms with E-state index < -0.39 is 0 Å². The van der Waals surface area contributed by atoms with Gasteiger partial charge in [-0.1, -0.05) is 35.5 Å². The second-order valence-corrected chi connectivity index (χ2v) is 5.73. The van der Waals surface area contributed by atoms with E-state index in [-0.39, 0.29) is 18.3 Å². The number of nitrogens with zero attached hydrogens (tertiary/aromatic N) is 1. The van der Waals surface area contributed by atoms with Crippen LogP contribution in [-0.2, 0) is 0 Å². The second-order valence-electron chi connectivity index (χ2n) is 5.73. The minimum atomic E-state index is -0.108. The average Bonchev–Trinajstić information content (AvgIpc) is 3.17. The van der Waals surface area contributed by atoms with Gasteiger partial charge in [-0.05, 0) is 38.8 Å². The highest BCUT2D eigenvalue weighted by molar-refractivity contribution is 6.00. The van der Waals surface area contributed by atoms with Crippen LogP contribution in [0.5, 0.6) is 0 Å². The standard InChI is InChI=1S/C17H21N3O2.ClH/c1-12-15(16(20-22-12)14-5-3-2-4-6-14)17(21)19-10-8-13-7-9-18-11-13;/h2-6,13,18H,7-11H2,1H3,(H,19,21);1H. The highest BCUT2D eigenvalue weighted by atomic mass is 35.5. The van der Waals surface area contributed by atoms with Gasteiger partial charge in [0.05, 0.1) is 0 Å².